The summed E-state index contributed by atoms with van der Waals surface area (Å²) in [6, 6.07) is 1.90. The van der Waals surface area contributed by atoms with Gasteiger partial charge in [0.15, 0.2) is 5.75 Å². The van der Waals surface area contributed by atoms with Crippen LogP contribution in [0.5, 0.6) is 5.75 Å². The second-order valence-corrected chi connectivity index (χ2v) is 4.57. The maximum Gasteiger partial charge on any atom is 0.255 e. The first-order valence-corrected chi connectivity index (χ1v) is 5.78. The molecule has 7 heteroatoms. The summed E-state index contributed by atoms with van der Waals surface area (Å²) in [5, 5.41) is 11.7. The Balaban J connectivity index is 2.97. The van der Waals surface area contributed by atoms with Crippen LogP contribution in [0, 0.1) is 11.3 Å². The predicted molar refractivity (Wildman–Crippen MR) is 63.7 cm³/mol. The number of ether oxygens (including phenoxy) is 1. The summed E-state index contributed by atoms with van der Waals surface area (Å²) >= 11 is 1.01. The number of nitriles is 1. The second-order valence-electron chi connectivity index (χ2n) is 3.55. The quantitative estimate of drug-likeness (QED) is 0.854. The molecular weight excluding hydrogens is 248 g/mol. The molecule has 0 atom stereocenters. The van der Waals surface area contributed by atoms with Crippen molar-refractivity contribution in [2.75, 3.05) is 17.6 Å². The molecule has 94 valence electrons. The Kier molecular flexibility index (Phi) is 4.52. The number of nitrogen functional groups attached to an aromatic ring is 1. The van der Waals surface area contributed by atoms with Crippen LogP contribution in [0.2, 0.25) is 0 Å². The largest absolute Gasteiger partial charge is 0.486 e. The molecule has 17 heavy (non-hydrogen) atoms. The number of rotatable bonds is 5. The van der Waals surface area contributed by atoms with Crippen molar-refractivity contribution in [3.63, 3.8) is 0 Å². The number of nitrogens with one attached hydrogen (secondary N) is 1. The van der Waals surface area contributed by atoms with Gasteiger partial charge in [-0.1, -0.05) is 0 Å². The molecule has 0 aromatic carbocycles. The minimum absolute atomic E-state index is 0.148. The van der Waals surface area contributed by atoms with Crippen LogP contribution in [-0.4, -0.2) is 19.1 Å². The van der Waals surface area contributed by atoms with Crippen molar-refractivity contribution in [1.82, 2.24) is 0 Å². The molecule has 1 rings (SSSR count). The SMILES string of the molecule is CC(C)Oc1c(NCC(F)F)sc(C#N)c1N. The molecule has 4 nitrogen and oxygen atoms in total. The van der Waals surface area contributed by atoms with Crippen LogP contribution in [0.15, 0.2) is 0 Å². The highest BCUT2D eigenvalue weighted by Crippen LogP contribution is 2.42. The number of hydrogen-bond acceptors (Lipinski definition) is 5. The van der Waals surface area contributed by atoms with Gasteiger partial charge in [0, 0.05) is 0 Å². The molecule has 0 aliphatic heterocycles. The average Bonchev–Trinajstić information content (AvgIpc) is 2.53. The van der Waals surface area contributed by atoms with Gasteiger partial charge < -0.3 is 15.8 Å². The third-order valence-electron chi connectivity index (χ3n) is 1.77. The normalized spacial score (nSPS) is 10.6. The summed E-state index contributed by atoms with van der Waals surface area (Å²) in [5.74, 6) is 0.280. The Hall–Kier alpha value is -1.55. The van der Waals surface area contributed by atoms with Crippen LogP contribution in [0.4, 0.5) is 19.5 Å². The van der Waals surface area contributed by atoms with Gasteiger partial charge in [-0.3, -0.25) is 0 Å². The van der Waals surface area contributed by atoms with Gasteiger partial charge in [-0.2, -0.15) is 5.26 Å². The molecule has 0 aliphatic rings. The van der Waals surface area contributed by atoms with Gasteiger partial charge in [0.1, 0.15) is 21.6 Å². The molecule has 0 fully saturated rings. The molecule has 0 unspecified atom stereocenters. The van der Waals surface area contributed by atoms with E-state index < -0.39 is 13.0 Å². The van der Waals surface area contributed by atoms with Crippen LogP contribution in [-0.2, 0) is 0 Å². The molecule has 0 saturated carbocycles. The van der Waals surface area contributed by atoms with Crippen molar-refractivity contribution in [3.8, 4) is 11.8 Å². The molecule has 0 aliphatic carbocycles. The van der Waals surface area contributed by atoms with E-state index in [1.54, 1.807) is 13.8 Å². The highest BCUT2D eigenvalue weighted by atomic mass is 32.1. The number of halogens is 2. The zero-order valence-corrected chi connectivity index (χ0v) is 10.3. The van der Waals surface area contributed by atoms with E-state index in [1.165, 1.54) is 0 Å². The fourth-order valence-electron chi connectivity index (χ4n) is 1.15. The number of nitrogens with two attached hydrogens (primary N) is 1. The van der Waals surface area contributed by atoms with Gasteiger partial charge >= 0.3 is 0 Å². The van der Waals surface area contributed by atoms with Gasteiger partial charge in [-0.05, 0) is 13.8 Å². The molecule has 1 aromatic rings. The molecule has 1 aromatic heterocycles. The second kappa shape index (κ2) is 5.68. The van der Waals surface area contributed by atoms with E-state index in [0.29, 0.717) is 5.00 Å². The minimum Gasteiger partial charge on any atom is -0.486 e. The molecule has 3 N–H and O–H groups in total. The zero-order chi connectivity index (χ0) is 13.0. The number of anilines is 2. The van der Waals surface area contributed by atoms with Crippen LogP contribution in [0.3, 0.4) is 0 Å². The highest BCUT2D eigenvalue weighted by Gasteiger charge is 2.19. The lowest BCUT2D eigenvalue weighted by molar-refractivity contribution is 0.163. The van der Waals surface area contributed by atoms with Crippen molar-refractivity contribution in [2.24, 2.45) is 0 Å². The molecule has 0 saturated heterocycles. The highest BCUT2D eigenvalue weighted by molar-refractivity contribution is 7.17. The van der Waals surface area contributed by atoms with E-state index in [2.05, 4.69) is 5.32 Å². The fourth-order valence-corrected chi connectivity index (χ4v) is 2.01. The van der Waals surface area contributed by atoms with E-state index in [0.717, 1.165) is 11.3 Å². The summed E-state index contributed by atoms with van der Waals surface area (Å²) < 4.78 is 29.6. The monoisotopic (exact) mass is 261 g/mol. The minimum atomic E-state index is -2.48. The smallest absolute Gasteiger partial charge is 0.255 e. The van der Waals surface area contributed by atoms with Crippen LogP contribution in [0.25, 0.3) is 0 Å². The molecular formula is C10H13F2N3OS. The first-order valence-electron chi connectivity index (χ1n) is 4.96. The van der Waals surface area contributed by atoms with Crippen molar-refractivity contribution in [3.05, 3.63) is 4.88 Å². The average molecular weight is 261 g/mol. The van der Waals surface area contributed by atoms with Gasteiger partial charge in [0.05, 0.1) is 12.6 Å². The Bertz CT molecular complexity index is 426. The van der Waals surface area contributed by atoms with Gasteiger partial charge in [0.25, 0.3) is 6.43 Å². The molecule has 0 radical (unpaired) electrons. The predicted octanol–water partition coefficient (Wildman–Crippen LogP) is 2.67. The summed E-state index contributed by atoms with van der Waals surface area (Å²) in [6.07, 6.45) is -2.62. The molecule has 1 heterocycles. The van der Waals surface area contributed by atoms with Gasteiger partial charge in [0.2, 0.25) is 0 Å². The van der Waals surface area contributed by atoms with Crippen molar-refractivity contribution < 1.29 is 13.5 Å². The van der Waals surface area contributed by atoms with E-state index in [-0.39, 0.29) is 22.4 Å². The van der Waals surface area contributed by atoms with E-state index >= 15 is 0 Å². The Morgan fingerprint density at radius 3 is 2.65 bits per heavy atom. The van der Waals surface area contributed by atoms with E-state index in [4.69, 9.17) is 15.7 Å². The fraction of sp³-hybridized carbons (Fsp3) is 0.500. The maximum atomic E-state index is 12.1. The lowest BCUT2D eigenvalue weighted by atomic mass is 10.3. The Morgan fingerprint density at radius 1 is 1.53 bits per heavy atom. The third kappa shape index (κ3) is 3.46. The summed E-state index contributed by atoms with van der Waals surface area (Å²) in [5.41, 5.74) is 5.90. The number of thiophene rings is 1. The van der Waals surface area contributed by atoms with Crippen molar-refractivity contribution >= 4 is 22.0 Å². The first-order chi connectivity index (χ1) is 7.95. The molecule has 0 bridgehead atoms. The van der Waals surface area contributed by atoms with E-state index in [1.807, 2.05) is 6.07 Å². The molecule has 0 spiro atoms. The first kappa shape index (κ1) is 13.5. The standard InChI is InChI=1S/C10H13F2N3OS/c1-5(2)16-9-8(14)6(3-13)17-10(9)15-4-7(11)12/h5,7,15H,4,14H2,1-2H3. The van der Waals surface area contributed by atoms with Gasteiger partial charge in [-0.15, -0.1) is 11.3 Å². The van der Waals surface area contributed by atoms with E-state index in [9.17, 15) is 8.78 Å². The summed E-state index contributed by atoms with van der Waals surface area (Å²) in [7, 11) is 0. The summed E-state index contributed by atoms with van der Waals surface area (Å²) in [4.78, 5) is 0.261. The number of alkyl halides is 2. The lowest BCUT2D eigenvalue weighted by Gasteiger charge is -2.12. The topological polar surface area (TPSA) is 71.1 Å². The zero-order valence-electron chi connectivity index (χ0n) is 9.46. The lowest BCUT2D eigenvalue weighted by Crippen LogP contribution is -2.12. The van der Waals surface area contributed by atoms with Crippen molar-refractivity contribution in [2.45, 2.75) is 26.4 Å². The van der Waals surface area contributed by atoms with Crippen molar-refractivity contribution in [1.29, 1.82) is 5.26 Å². The number of hydrogen-bond donors (Lipinski definition) is 2. The maximum absolute atomic E-state index is 12.1. The molecule has 0 amide bonds. The van der Waals surface area contributed by atoms with Gasteiger partial charge in [-0.25, -0.2) is 8.78 Å². The Labute approximate surface area is 102 Å². The third-order valence-corrected chi connectivity index (χ3v) is 2.82. The summed E-state index contributed by atoms with van der Waals surface area (Å²) in [6.45, 7) is 3.08. The van der Waals surface area contributed by atoms with Crippen LogP contribution in [0.1, 0.15) is 18.7 Å². The van der Waals surface area contributed by atoms with Crippen LogP contribution >= 0.6 is 11.3 Å². The number of nitrogens with zero attached hydrogens (tertiary/aromatic N) is 1. The van der Waals surface area contributed by atoms with Crippen LogP contribution < -0.4 is 15.8 Å². The Morgan fingerprint density at radius 2 is 2.18 bits per heavy atom.